The first-order chi connectivity index (χ1) is 8.84. The molecule has 0 saturated carbocycles. The highest BCUT2D eigenvalue weighted by Gasteiger charge is 2.30. The van der Waals surface area contributed by atoms with Gasteiger partial charge in [0.25, 0.3) is 0 Å². The lowest BCUT2D eigenvalue weighted by Gasteiger charge is -2.36. The maximum atomic E-state index is 12.6. The Morgan fingerprint density at radius 3 is 2.16 bits per heavy atom. The molecule has 5 nitrogen and oxygen atoms in total. The maximum absolute atomic E-state index is 12.6. The van der Waals surface area contributed by atoms with Crippen LogP contribution < -0.4 is 0 Å². The molecular weight excluding hydrogens is 262 g/mol. The first-order valence-electron chi connectivity index (χ1n) is 6.70. The highest BCUT2D eigenvalue weighted by Crippen LogP contribution is 2.21. The molecule has 0 aliphatic carbocycles. The summed E-state index contributed by atoms with van der Waals surface area (Å²) in [5, 5.41) is 0. The van der Waals surface area contributed by atoms with Crippen LogP contribution in [0.4, 0.5) is 0 Å². The molecule has 0 amide bonds. The van der Waals surface area contributed by atoms with E-state index in [1.54, 1.807) is 16.6 Å². The lowest BCUT2D eigenvalue weighted by Crippen LogP contribution is -2.50. The molecule has 0 bridgehead atoms. The van der Waals surface area contributed by atoms with E-state index in [4.69, 9.17) is 0 Å². The minimum absolute atomic E-state index is 0.438. The van der Waals surface area contributed by atoms with Crippen molar-refractivity contribution < 1.29 is 8.42 Å². The van der Waals surface area contributed by atoms with Gasteiger partial charge in [0.05, 0.1) is 0 Å². The van der Waals surface area contributed by atoms with E-state index < -0.39 is 10.0 Å². The van der Waals surface area contributed by atoms with E-state index >= 15 is 0 Å². The largest absolute Gasteiger partial charge is 0.353 e. The van der Waals surface area contributed by atoms with Gasteiger partial charge in [0.15, 0.2) is 0 Å². The molecule has 6 heteroatoms. The monoisotopic (exact) mass is 285 g/mol. The third-order valence-electron chi connectivity index (χ3n) is 3.96. The van der Waals surface area contributed by atoms with Crippen molar-refractivity contribution in [1.29, 1.82) is 0 Å². The molecule has 0 unspecified atom stereocenters. The fourth-order valence-corrected chi connectivity index (χ4v) is 4.13. The van der Waals surface area contributed by atoms with Crippen LogP contribution in [-0.2, 0) is 17.1 Å². The average Bonchev–Trinajstić information content (AvgIpc) is 2.70. The summed E-state index contributed by atoms with van der Waals surface area (Å²) in [4.78, 5) is 2.75. The van der Waals surface area contributed by atoms with Crippen molar-refractivity contribution in [1.82, 2.24) is 13.8 Å². The van der Waals surface area contributed by atoms with Gasteiger partial charge in [-0.15, -0.1) is 0 Å². The zero-order valence-corrected chi connectivity index (χ0v) is 12.9. The Morgan fingerprint density at radius 2 is 1.74 bits per heavy atom. The van der Waals surface area contributed by atoms with Gasteiger partial charge in [-0.25, -0.2) is 8.42 Å². The second-order valence-electron chi connectivity index (χ2n) is 5.41. The van der Waals surface area contributed by atoms with Gasteiger partial charge in [0, 0.05) is 51.2 Å². The minimum Gasteiger partial charge on any atom is -0.353 e. The third kappa shape index (κ3) is 2.70. The first-order valence-corrected chi connectivity index (χ1v) is 8.14. The number of aromatic nitrogens is 1. The number of hydrogen-bond acceptors (Lipinski definition) is 3. The topological polar surface area (TPSA) is 45.6 Å². The minimum atomic E-state index is -3.34. The smallest absolute Gasteiger partial charge is 0.244 e. The standard InChI is InChI=1S/C13H23N3O2S/c1-11(2)15-7-9-16(10-8-15)19(17,18)13-5-6-14(4)12(13)3/h5-6,11H,7-10H2,1-4H3. The van der Waals surface area contributed by atoms with Crippen molar-refractivity contribution in [2.45, 2.75) is 31.7 Å². The summed E-state index contributed by atoms with van der Waals surface area (Å²) in [5.41, 5.74) is 0.797. The Morgan fingerprint density at radius 1 is 1.16 bits per heavy atom. The third-order valence-corrected chi connectivity index (χ3v) is 5.99. The molecule has 108 valence electrons. The van der Waals surface area contributed by atoms with Crippen molar-refractivity contribution in [2.75, 3.05) is 26.2 Å². The molecule has 2 heterocycles. The van der Waals surface area contributed by atoms with Gasteiger partial charge in [-0.05, 0) is 26.8 Å². The molecule has 1 aliphatic rings. The van der Waals surface area contributed by atoms with Crippen LogP contribution in [0.3, 0.4) is 0 Å². The van der Waals surface area contributed by atoms with E-state index in [-0.39, 0.29) is 0 Å². The molecule has 1 aromatic heterocycles. The summed E-state index contributed by atoms with van der Waals surface area (Å²) in [7, 11) is -1.47. The molecule has 1 saturated heterocycles. The Kier molecular flexibility index (Phi) is 4.03. The van der Waals surface area contributed by atoms with E-state index in [0.717, 1.165) is 18.8 Å². The van der Waals surface area contributed by atoms with Crippen LogP contribution in [0.5, 0.6) is 0 Å². The second-order valence-corrected chi connectivity index (χ2v) is 7.32. The van der Waals surface area contributed by atoms with E-state index in [9.17, 15) is 8.42 Å². The lowest BCUT2D eigenvalue weighted by atomic mass is 10.3. The fraction of sp³-hybridized carbons (Fsp3) is 0.692. The Labute approximate surface area is 115 Å². The molecule has 0 spiro atoms. The number of aryl methyl sites for hydroxylation is 1. The van der Waals surface area contributed by atoms with Crippen LogP contribution >= 0.6 is 0 Å². The zero-order valence-electron chi connectivity index (χ0n) is 12.1. The molecule has 1 fully saturated rings. The van der Waals surface area contributed by atoms with Crippen molar-refractivity contribution in [2.24, 2.45) is 7.05 Å². The van der Waals surface area contributed by atoms with Crippen LogP contribution in [0.25, 0.3) is 0 Å². The molecule has 0 aromatic carbocycles. The molecular formula is C13H23N3O2S. The Bertz CT molecular complexity index is 540. The average molecular weight is 285 g/mol. The van der Waals surface area contributed by atoms with Crippen LogP contribution in [0.15, 0.2) is 17.2 Å². The van der Waals surface area contributed by atoms with Gasteiger partial charge in [-0.3, -0.25) is 4.90 Å². The molecule has 0 atom stereocenters. The number of piperazine rings is 1. The molecule has 0 radical (unpaired) electrons. The van der Waals surface area contributed by atoms with Crippen LogP contribution in [0.1, 0.15) is 19.5 Å². The normalized spacial score (nSPS) is 19.2. The Hall–Kier alpha value is -0.850. The van der Waals surface area contributed by atoms with Gasteiger partial charge < -0.3 is 4.57 Å². The van der Waals surface area contributed by atoms with E-state index in [0.29, 0.717) is 24.0 Å². The molecule has 1 aromatic rings. The summed E-state index contributed by atoms with van der Waals surface area (Å²) in [6.07, 6.45) is 1.80. The highest BCUT2D eigenvalue weighted by atomic mass is 32.2. The molecule has 19 heavy (non-hydrogen) atoms. The number of sulfonamides is 1. The van der Waals surface area contributed by atoms with Gasteiger partial charge in [0.1, 0.15) is 4.90 Å². The SMILES string of the molecule is Cc1c(S(=O)(=O)N2CCN(C(C)C)CC2)ccn1C. The van der Waals surface area contributed by atoms with Gasteiger partial charge >= 0.3 is 0 Å². The molecule has 2 rings (SSSR count). The van der Waals surface area contributed by atoms with Crippen molar-refractivity contribution in [3.63, 3.8) is 0 Å². The number of rotatable bonds is 3. The summed E-state index contributed by atoms with van der Waals surface area (Å²) in [5.74, 6) is 0. The number of nitrogens with zero attached hydrogens (tertiary/aromatic N) is 3. The van der Waals surface area contributed by atoms with Gasteiger partial charge in [0.2, 0.25) is 10.0 Å². The van der Waals surface area contributed by atoms with Crippen molar-refractivity contribution >= 4 is 10.0 Å². The predicted molar refractivity (Wildman–Crippen MR) is 75.6 cm³/mol. The summed E-state index contributed by atoms with van der Waals surface area (Å²) in [6.45, 7) is 8.91. The van der Waals surface area contributed by atoms with E-state index in [2.05, 4.69) is 18.7 Å². The van der Waals surface area contributed by atoms with Crippen LogP contribution in [0, 0.1) is 6.92 Å². The van der Waals surface area contributed by atoms with Crippen molar-refractivity contribution in [3.05, 3.63) is 18.0 Å². The summed E-state index contributed by atoms with van der Waals surface area (Å²) in [6, 6.07) is 2.17. The van der Waals surface area contributed by atoms with Crippen LogP contribution in [0.2, 0.25) is 0 Å². The van der Waals surface area contributed by atoms with Crippen molar-refractivity contribution in [3.8, 4) is 0 Å². The molecule has 1 aliphatic heterocycles. The fourth-order valence-electron chi connectivity index (χ4n) is 2.46. The maximum Gasteiger partial charge on any atom is 0.244 e. The lowest BCUT2D eigenvalue weighted by molar-refractivity contribution is 0.154. The van der Waals surface area contributed by atoms with E-state index in [1.807, 2.05) is 18.5 Å². The Balaban J connectivity index is 2.17. The van der Waals surface area contributed by atoms with Gasteiger partial charge in [-0.1, -0.05) is 0 Å². The first kappa shape index (κ1) is 14.6. The quantitative estimate of drug-likeness (QED) is 0.834. The molecule has 0 N–H and O–H groups in total. The summed E-state index contributed by atoms with van der Waals surface area (Å²) < 4.78 is 28.6. The summed E-state index contributed by atoms with van der Waals surface area (Å²) >= 11 is 0. The van der Waals surface area contributed by atoms with Crippen LogP contribution in [-0.4, -0.2) is 54.4 Å². The zero-order chi connectivity index (χ0) is 14.2. The van der Waals surface area contributed by atoms with Gasteiger partial charge in [-0.2, -0.15) is 4.31 Å². The predicted octanol–water partition coefficient (Wildman–Crippen LogP) is 1.05. The highest BCUT2D eigenvalue weighted by molar-refractivity contribution is 7.89. The number of hydrogen-bond donors (Lipinski definition) is 0. The van der Waals surface area contributed by atoms with E-state index in [1.165, 1.54) is 0 Å². The second kappa shape index (κ2) is 5.26.